The van der Waals surface area contributed by atoms with Crippen molar-refractivity contribution in [3.8, 4) is 16.9 Å². The molecule has 0 aliphatic carbocycles. The Morgan fingerprint density at radius 1 is 1.23 bits per heavy atom. The van der Waals surface area contributed by atoms with E-state index >= 15 is 0 Å². The molecule has 116 valence electrons. The monoisotopic (exact) mass is 635 g/mol. The highest BCUT2D eigenvalue weighted by Gasteiger charge is 2.20. The van der Waals surface area contributed by atoms with E-state index in [1.54, 1.807) is 6.07 Å². The summed E-state index contributed by atoms with van der Waals surface area (Å²) in [5.74, 6) is -0.825. The molecule has 4 nitrogen and oxygen atoms in total. The molecular formula is C15H12I3NO3. The molecule has 0 unspecified atom stereocenters. The predicted molar refractivity (Wildman–Crippen MR) is 111 cm³/mol. The van der Waals surface area contributed by atoms with E-state index in [1.807, 2.05) is 46.9 Å². The Morgan fingerprint density at radius 3 is 2.50 bits per heavy atom. The third kappa shape index (κ3) is 4.03. The van der Waals surface area contributed by atoms with Crippen LogP contribution in [0.25, 0.3) is 11.1 Å². The highest BCUT2D eigenvalue weighted by molar-refractivity contribution is 14.1. The maximum Gasteiger partial charge on any atom is 0.320 e. The highest BCUT2D eigenvalue weighted by Crippen LogP contribution is 2.38. The number of benzene rings is 2. The van der Waals surface area contributed by atoms with Gasteiger partial charge in [-0.3, -0.25) is 4.79 Å². The Hall–Kier alpha value is -0.140. The van der Waals surface area contributed by atoms with Gasteiger partial charge >= 0.3 is 5.97 Å². The first-order valence-electron chi connectivity index (χ1n) is 6.25. The van der Waals surface area contributed by atoms with Gasteiger partial charge in [0, 0.05) is 9.13 Å². The fourth-order valence-corrected chi connectivity index (χ4v) is 4.75. The van der Waals surface area contributed by atoms with Gasteiger partial charge in [-0.2, -0.15) is 0 Å². The van der Waals surface area contributed by atoms with E-state index in [1.165, 1.54) is 0 Å². The molecule has 0 saturated heterocycles. The van der Waals surface area contributed by atoms with Crippen LogP contribution in [0, 0.1) is 10.7 Å². The van der Waals surface area contributed by atoms with Crippen LogP contribution >= 0.6 is 67.8 Å². The fourth-order valence-electron chi connectivity index (χ4n) is 2.10. The van der Waals surface area contributed by atoms with E-state index in [2.05, 4.69) is 45.2 Å². The van der Waals surface area contributed by atoms with Crippen LogP contribution in [0.2, 0.25) is 0 Å². The Bertz CT molecular complexity index is 734. The Balaban J connectivity index is 2.64. The van der Waals surface area contributed by atoms with Crippen molar-refractivity contribution in [2.24, 2.45) is 5.73 Å². The van der Waals surface area contributed by atoms with Crippen molar-refractivity contribution >= 4 is 73.7 Å². The van der Waals surface area contributed by atoms with Crippen LogP contribution in [-0.2, 0) is 11.2 Å². The number of rotatable bonds is 4. The van der Waals surface area contributed by atoms with Crippen molar-refractivity contribution < 1.29 is 15.0 Å². The minimum absolute atomic E-state index is 0.211. The summed E-state index contributed by atoms with van der Waals surface area (Å²) in [5, 5.41) is 19.3. The molecule has 0 aromatic heterocycles. The normalized spacial score (nSPS) is 12.2. The Morgan fingerprint density at radius 2 is 1.91 bits per heavy atom. The van der Waals surface area contributed by atoms with Gasteiger partial charge in [0.05, 0.1) is 7.14 Å². The van der Waals surface area contributed by atoms with Gasteiger partial charge in [-0.25, -0.2) is 0 Å². The molecule has 0 spiro atoms. The van der Waals surface area contributed by atoms with Crippen LogP contribution in [0.4, 0.5) is 0 Å². The topological polar surface area (TPSA) is 83.5 Å². The summed E-state index contributed by atoms with van der Waals surface area (Å²) in [6, 6.07) is 8.69. The number of phenolic OH excluding ortho intramolecular Hbond substituents is 1. The van der Waals surface area contributed by atoms with E-state index in [4.69, 9.17) is 10.8 Å². The maximum absolute atomic E-state index is 11.1. The molecule has 0 radical (unpaired) electrons. The molecule has 0 heterocycles. The van der Waals surface area contributed by atoms with Crippen molar-refractivity contribution in [2.75, 3.05) is 0 Å². The number of nitrogens with two attached hydrogens (primary N) is 1. The van der Waals surface area contributed by atoms with Gasteiger partial charge in [0.15, 0.2) is 0 Å². The zero-order valence-electron chi connectivity index (χ0n) is 11.2. The second kappa shape index (κ2) is 7.62. The molecule has 2 aromatic rings. The van der Waals surface area contributed by atoms with Gasteiger partial charge in [0.1, 0.15) is 11.8 Å². The molecule has 4 N–H and O–H groups in total. The van der Waals surface area contributed by atoms with E-state index in [0.29, 0.717) is 7.14 Å². The summed E-state index contributed by atoms with van der Waals surface area (Å²) >= 11 is 6.35. The largest absolute Gasteiger partial charge is 0.506 e. The molecule has 0 fully saturated rings. The minimum Gasteiger partial charge on any atom is -0.506 e. The fraction of sp³-hybridized carbons (Fsp3) is 0.133. The van der Waals surface area contributed by atoms with Crippen LogP contribution < -0.4 is 5.73 Å². The van der Waals surface area contributed by atoms with Crippen molar-refractivity contribution in [2.45, 2.75) is 12.5 Å². The number of carboxylic acids is 1. The smallest absolute Gasteiger partial charge is 0.320 e. The van der Waals surface area contributed by atoms with Gasteiger partial charge in [-0.05, 0) is 104 Å². The number of carbonyl (C=O) groups is 1. The average Bonchev–Trinajstić information content (AvgIpc) is 2.45. The number of phenols is 1. The zero-order valence-corrected chi connectivity index (χ0v) is 17.7. The predicted octanol–water partition coefficient (Wildman–Crippen LogP) is 3.83. The van der Waals surface area contributed by atoms with Gasteiger partial charge in [0.25, 0.3) is 0 Å². The minimum atomic E-state index is -1.04. The number of halogens is 3. The van der Waals surface area contributed by atoms with Crippen molar-refractivity contribution in [1.29, 1.82) is 0 Å². The number of carboxylic acid groups (broad SMARTS) is 1. The Kier molecular flexibility index (Phi) is 6.30. The lowest BCUT2D eigenvalue weighted by Crippen LogP contribution is -2.32. The molecule has 2 rings (SSSR count). The molecule has 0 aliphatic heterocycles. The van der Waals surface area contributed by atoms with E-state index in [0.717, 1.165) is 20.3 Å². The first-order valence-corrected chi connectivity index (χ1v) is 9.49. The van der Waals surface area contributed by atoms with Crippen LogP contribution in [0.3, 0.4) is 0 Å². The molecule has 0 saturated carbocycles. The van der Waals surface area contributed by atoms with Gasteiger partial charge in [0.2, 0.25) is 0 Å². The maximum atomic E-state index is 11.1. The third-order valence-electron chi connectivity index (χ3n) is 3.15. The van der Waals surface area contributed by atoms with Crippen molar-refractivity contribution in [1.82, 2.24) is 0 Å². The molecule has 7 heteroatoms. The molecule has 0 aliphatic rings. The number of hydrogen-bond donors (Lipinski definition) is 3. The molecule has 0 bridgehead atoms. The Labute approximate surface area is 168 Å². The van der Waals surface area contributed by atoms with Crippen LogP contribution in [0.15, 0.2) is 30.3 Å². The first kappa shape index (κ1) is 18.2. The summed E-state index contributed by atoms with van der Waals surface area (Å²) in [5.41, 5.74) is 8.30. The molecule has 2 aromatic carbocycles. The molecular weight excluding hydrogens is 623 g/mol. The quantitative estimate of drug-likeness (QED) is 0.447. The SMILES string of the molecule is N[C@@H](Cc1cc(I)c(O)c(I)c1-c1cccc(I)c1)C(=O)O. The third-order valence-corrected chi connectivity index (χ3v) is 5.69. The van der Waals surface area contributed by atoms with Crippen molar-refractivity contribution in [3.63, 3.8) is 0 Å². The lowest BCUT2D eigenvalue weighted by atomic mass is 9.95. The van der Waals surface area contributed by atoms with Crippen LogP contribution in [-0.4, -0.2) is 22.2 Å². The second-order valence-electron chi connectivity index (χ2n) is 4.71. The molecule has 22 heavy (non-hydrogen) atoms. The second-order valence-corrected chi connectivity index (χ2v) is 8.20. The number of aromatic hydroxyl groups is 1. The molecule has 0 amide bonds. The summed E-state index contributed by atoms with van der Waals surface area (Å²) < 4.78 is 2.46. The lowest BCUT2D eigenvalue weighted by molar-refractivity contribution is -0.138. The summed E-state index contributed by atoms with van der Waals surface area (Å²) in [7, 11) is 0. The van der Waals surface area contributed by atoms with E-state index in [9.17, 15) is 9.90 Å². The summed E-state index contributed by atoms with van der Waals surface area (Å²) in [6.45, 7) is 0. The lowest BCUT2D eigenvalue weighted by Gasteiger charge is -2.17. The zero-order chi connectivity index (χ0) is 16.4. The van der Waals surface area contributed by atoms with Gasteiger partial charge in [-0.15, -0.1) is 0 Å². The van der Waals surface area contributed by atoms with Gasteiger partial charge < -0.3 is 15.9 Å². The van der Waals surface area contributed by atoms with Crippen LogP contribution in [0.5, 0.6) is 5.75 Å². The number of hydrogen-bond acceptors (Lipinski definition) is 3. The number of aliphatic carboxylic acids is 1. The summed E-state index contributed by atoms with van der Waals surface area (Å²) in [4.78, 5) is 11.1. The molecule has 1 atom stereocenters. The first-order chi connectivity index (χ1) is 10.3. The highest BCUT2D eigenvalue weighted by atomic mass is 127. The van der Waals surface area contributed by atoms with Crippen molar-refractivity contribution in [3.05, 3.63) is 46.6 Å². The standard InChI is InChI=1S/C15H12I3NO3/c16-9-3-1-2-7(4-9)12-8(6-11(19)15(21)22)5-10(17)14(20)13(12)18/h1-5,11,20H,6,19H2,(H,21,22)/t11-/m0/s1. The summed E-state index contributed by atoms with van der Waals surface area (Å²) in [6.07, 6.45) is 0.211. The average molecular weight is 635 g/mol. The van der Waals surface area contributed by atoms with Gasteiger partial charge in [-0.1, -0.05) is 12.1 Å². The van der Waals surface area contributed by atoms with Crippen LogP contribution in [0.1, 0.15) is 5.56 Å². The van der Waals surface area contributed by atoms with E-state index in [-0.39, 0.29) is 12.2 Å². The van der Waals surface area contributed by atoms with E-state index < -0.39 is 12.0 Å².